The number of nitrogens with zero attached hydrogens (tertiary/aromatic N) is 3. The van der Waals surface area contributed by atoms with Gasteiger partial charge in [0.2, 0.25) is 0 Å². The topological polar surface area (TPSA) is 42.7 Å². The van der Waals surface area contributed by atoms with Crippen LogP contribution in [0, 0.1) is 0 Å². The number of aromatic nitrogens is 3. The molecular weight excluding hydrogens is 220 g/mol. The molecule has 1 aliphatic rings. The first kappa shape index (κ1) is 10.1. The van der Waals surface area contributed by atoms with Gasteiger partial charge in [-0.05, 0) is 12.1 Å². The molecule has 0 spiro atoms. The lowest BCUT2D eigenvalue weighted by atomic mass is 10.3. The molecule has 3 rings (SSSR count). The third kappa shape index (κ3) is 1.60. The number of pyridine rings is 1. The Morgan fingerprint density at radius 1 is 1.56 bits per heavy atom. The van der Waals surface area contributed by atoms with E-state index in [1.807, 2.05) is 37.1 Å². The summed E-state index contributed by atoms with van der Waals surface area (Å²) >= 11 is 1.98. The van der Waals surface area contributed by atoms with Crippen molar-refractivity contribution in [1.29, 1.82) is 0 Å². The smallest absolute Gasteiger partial charge is 0.159 e. The summed E-state index contributed by atoms with van der Waals surface area (Å²) in [5, 5.41) is 3.51. The summed E-state index contributed by atoms with van der Waals surface area (Å²) in [4.78, 5) is 9.02. The quantitative estimate of drug-likeness (QED) is 0.808. The van der Waals surface area contributed by atoms with Crippen molar-refractivity contribution in [2.45, 2.75) is 6.04 Å². The predicted octanol–water partition coefficient (Wildman–Crippen LogP) is 1.35. The first-order chi connectivity index (χ1) is 7.86. The van der Waals surface area contributed by atoms with Gasteiger partial charge in [0.1, 0.15) is 11.3 Å². The molecular formula is C11H14N4S. The molecule has 1 fully saturated rings. The molecule has 1 saturated heterocycles. The van der Waals surface area contributed by atoms with Gasteiger partial charge in [0.05, 0.1) is 6.04 Å². The standard InChI is InChI=1S/C11H14N4S/c1-15-10-8(3-2-4-13-10)14-11(15)9-7-16-6-5-12-9/h2-4,9,12H,5-7H2,1H3. The zero-order valence-corrected chi connectivity index (χ0v) is 10.00. The Kier molecular flexibility index (Phi) is 2.57. The molecule has 3 heterocycles. The summed E-state index contributed by atoms with van der Waals surface area (Å²) < 4.78 is 2.10. The van der Waals surface area contributed by atoms with Gasteiger partial charge in [0.25, 0.3) is 0 Å². The van der Waals surface area contributed by atoms with Gasteiger partial charge in [-0.2, -0.15) is 11.8 Å². The lowest BCUT2D eigenvalue weighted by molar-refractivity contribution is 0.549. The maximum absolute atomic E-state index is 4.66. The molecule has 5 heteroatoms. The second-order valence-electron chi connectivity index (χ2n) is 3.96. The van der Waals surface area contributed by atoms with Crippen molar-refractivity contribution < 1.29 is 0 Å². The SMILES string of the molecule is Cn1c(C2CSCCN2)nc2cccnc21. The highest BCUT2D eigenvalue weighted by Gasteiger charge is 2.20. The van der Waals surface area contributed by atoms with Crippen LogP contribution in [0.5, 0.6) is 0 Å². The van der Waals surface area contributed by atoms with Crippen LogP contribution in [-0.2, 0) is 7.05 Å². The van der Waals surface area contributed by atoms with E-state index in [2.05, 4.69) is 19.9 Å². The fraction of sp³-hybridized carbons (Fsp3) is 0.455. The number of nitrogens with one attached hydrogen (secondary N) is 1. The molecule has 0 amide bonds. The summed E-state index contributed by atoms with van der Waals surface area (Å²) in [5.41, 5.74) is 1.95. The maximum Gasteiger partial charge on any atom is 0.159 e. The van der Waals surface area contributed by atoms with Crippen LogP contribution in [0.3, 0.4) is 0 Å². The van der Waals surface area contributed by atoms with Crippen LogP contribution in [0.25, 0.3) is 11.2 Å². The first-order valence-corrected chi connectivity index (χ1v) is 6.60. The Bertz CT molecular complexity index is 502. The number of imidazole rings is 1. The van der Waals surface area contributed by atoms with Crippen LogP contribution in [-0.4, -0.2) is 32.6 Å². The molecule has 16 heavy (non-hydrogen) atoms. The van der Waals surface area contributed by atoms with Gasteiger partial charge in [-0.3, -0.25) is 0 Å². The molecule has 2 aromatic heterocycles. The van der Waals surface area contributed by atoms with Gasteiger partial charge in [-0.25, -0.2) is 9.97 Å². The Labute approximate surface area is 98.5 Å². The van der Waals surface area contributed by atoms with Gasteiger partial charge in [0, 0.05) is 31.3 Å². The predicted molar refractivity (Wildman–Crippen MR) is 66.6 cm³/mol. The minimum atomic E-state index is 0.359. The maximum atomic E-state index is 4.66. The van der Waals surface area contributed by atoms with E-state index >= 15 is 0 Å². The van der Waals surface area contributed by atoms with E-state index in [1.165, 1.54) is 5.75 Å². The number of aryl methyl sites for hydroxylation is 1. The molecule has 0 aromatic carbocycles. The van der Waals surface area contributed by atoms with Crippen LogP contribution in [0.15, 0.2) is 18.3 Å². The third-order valence-electron chi connectivity index (χ3n) is 2.90. The van der Waals surface area contributed by atoms with Crippen LogP contribution in [0.1, 0.15) is 11.9 Å². The largest absolute Gasteiger partial charge is 0.314 e. The molecule has 1 atom stereocenters. The highest BCUT2D eigenvalue weighted by molar-refractivity contribution is 7.99. The van der Waals surface area contributed by atoms with Crippen molar-refractivity contribution in [3.63, 3.8) is 0 Å². The Morgan fingerprint density at radius 3 is 3.25 bits per heavy atom. The fourth-order valence-corrected chi connectivity index (χ4v) is 3.02. The number of hydrogen-bond donors (Lipinski definition) is 1. The lowest BCUT2D eigenvalue weighted by Crippen LogP contribution is -2.32. The Morgan fingerprint density at radius 2 is 2.50 bits per heavy atom. The average Bonchev–Trinajstić information content (AvgIpc) is 2.69. The van der Waals surface area contributed by atoms with E-state index in [1.54, 1.807) is 0 Å². The van der Waals surface area contributed by atoms with Crippen molar-refractivity contribution >= 4 is 22.9 Å². The molecule has 1 N–H and O–H groups in total. The number of fused-ring (bicyclic) bond motifs is 1. The van der Waals surface area contributed by atoms with E-state index in [-0.39, 0.29) is 0 Å². The van der Waals surface area contributed by atoms with E-state index in [4.69, 9.17) is 0 Å². The van der Waals surface area contributed by atoms with Crippen molar-refractivity contribution in [2.75, 3.05) is 18.1 Å². The summed E-state index contributed by atoms with van der Waals surface area (Å²) in [6.07, 6.45) is 1.82. The molecule has 0 saturated carbocycles. The summed E-state index contributed by atoms with van der Waals surface area (Å²) in [6.45, 7) is 1.06. The van der Waals surface area contributed by atoms with Crippen LogP contribution >= 0.6 is 11.8 Å². The van der Waals surface area contributed by atoms with Crippen molar-refractivity contribution in [2.24, 2.45) is 7.05 Å². The molecule has 1 aliphatic heterocycles. The summed E-state index contributed by atoms with van der Waals surface area (Å²) in [7, 11) is 2.04. The minimum absolute atomic E-state index is 0.359. The van der Waals surface area contributed by atoms with Crippen molar-refractivity contribution in [1.82, 2.24) is 19.9 Å². The van der Waals surface area contributed by atoms with Crippen LogP contribution in [0.4, 0.5) is 0 Å². The van der Waals surface area contributed by atoms with Crippen molar-refractivity contribution in [3.8, 4) is 0 Å². The number of thioether (sulfide) groups is 1. The van der Waals surface area contributed by atoms with Crippen molar-refractivity contribution in [3.05, 3.63) is 24.2 Å². The molecule has 1 unspecified atom stereocenters. The molecule has 4 nitrogen and oxygen atoms in total. The average molecular weight is 234 g/mol. The lowest BCUT2D eigenvalue weighted by Gasteiger charge is -2.22. The van der Waals surface area contributed by atoms with E-state index < -0.39 is 0 Å². The molecule has 2 aromatic rings. The first-order valence-electron chi connectivity index (χ1n) is 5.45. The summed E-state index contributed by atoms with van der Waals surface area (Å²) in [6, 6.07) is 4.31. The van der Waals surface area contributed by atoms with Crippen LogP contribution < -0.4 is 5.32 Å². The molecule has 0 bridgehead atoms. The Hall–Kier alpha value is -1.07. The zero-order valence-electron chi connectivity index (χ0n) is 9.18. The van der Waals surface area contributed by atoms with E-state index in [0.717, 1.165) is 29.3 Å². The highest BCUT2D eigenvalue weighted by atomic mass is 32.2. The minimum Gasteiger partial charge on any atom is -0.314 e. The van der Waals surface area contributed by atoms with E-state index in [9.17, 15) is 0 Å². The highest BCUT2D eigenvalue weighted by Crippen LogP contribution is 2.23. The van der Waals surface area contributed by atoms with Gasteiger partial charge in [-0.1, -0.05) is 0 Å². The molecule has 0 aliphatic carbocycles. The monoisotopic (exact) mass is 234 g/mol. The van der Waals surface area contributed by atoms with Crippen LogP contribution in [0.2, 0.25) is 0 Å². The Balaban J connectivity index is 2.05. The zero-order chi connectivity index (χ0) is 11.0. The molecule has 84 valence electrons. The second-order valence-corrected chi connectivity index (χ2v) is 5.11. The number of hydrogen-bond acceptors (Lipinski definition) is 4. The number of rotatable bonds is 1. The summed E-state index contributed by atoms with van der Waals surface area (Å²) in [5.74, 6) is 3.39. The second kappa shape index (κ2) is 4.07. The fourth-order valence-electron chi connectivity index (χ4n) is 2.08. The van der Waals surface area contributed by atoms with Gasteiger partial charge >= 0.3 is 0 Å². The third-order valence-corrected chi connectivity index (χ3v) is 3.96. The van der Waals surface area contributed by atoms with Gasteiger partial charge in [0.15, 0.2) is 5.65 Å². The molecule has 0 radical (unpaired) electrons. The van der Waals surface area contributed by atoms with Gasteiger partial charge in [-0.15, -0.1) is 0 Å². The van der Waals surface area contributed by atoms with E-state index in [0.29, 0.717) is 6.04 Å². The van der Waals surface area contributed by atoms with Gasteiger partial charge < -0.3 is 9.88 Å². The normalized spacial score (nSPS) is 21.4.